The Kier molecular flexibility index (Phi) is 8.19. The second kappa shape index (κ2) is 9.14. The van der Waals surface area contributed by atoms with Gasteiger partial charge in [0.1, 0.15) is 5.75 Å². The first kappa shape index (κ1) is 26.9. The molecular formula is C23H42O3Si4. The van der Waals surface area contributed by atoms with Gasteiger partial charge in [0.25, 0.3) is 0 Å². The molecule has 1 rings (SSSR count). The van der Waals surface area contributed by atoms with Gasteiger partial charge in [0.2, 0.25) is 0 Å². The fraction of sp³-hybridized carbons (Fsp3) is 0.522. The lowest BCUT2D eigenvalue weighted by Crippen LogP contribution is -2.87. The quantitative estimate of drug-likeness (QED) is 0.260. The van der Waals surface area contributed by atoms with Gasteiger partial charge in [-0.3, -0.25) is 0 Å². The van der Waals surface area contributed by atoms with Gasteiger partial charge >= 0.3 is 5.97 Å². The van der Waals surface area contributed by atoms with Crippen molar-refractivity contribution in [1.29, 1.82) is 0 Å². The fourth-order valence-corrected chi connectivity index (χ4v) is 110. The lowest BCUT2D eigenvalue weighted by Gasteiger charge is -2.59. The van der Waals surface area contributed by atoms with Gasteiger partial charge in [-0.15, -0.1) is 0 Å². The topological polar surface area (TPSA) is 46.5 Å². The minimum atomic E-state index is -1.84. The van der Waals surface area contributed by atoms with Gasteiger partial charge in [-0.25, -0.2) is 4.79 Å². The van der Waals surface area contributed by atoms with Crippen LogP contribution in [-0.2, 0) is 9.53 Å². The van der Waals surface area contributed by atoms with E-state index in [9.17, 15) is 9.90 Å². The molecule has 3 nitrogen and oxygen atoms in total. The molecule has 0 saturated carbocycles. The molecule has 0 heterocycles. The second-order valence-electron chi connectivity index (χ2n) is 11.5. The lowest BCUT2D eigenvalue weighted by molar-refractivity contribution is -0.140. The molecule has 0 saturated heterocycles. The van der Waals surface area contributed by atoms with Gasteiger partial charge in [-0.05, 0) is 43.2 Å². The average Bonchev–Trinajstić information content (AvgIpc) is 2.50. The highest BCUT2D eigenvalue weighted by Gasteiger charge is 2.65. The van der Waals surface area contributed by atoms with Gasteiger partial charge in [0, 0.05) is 28.3 Å². The smallest absolute Gasteiger partial charge is 0.333 e. The summed E-state index contributed by atoms with van der Waals surface area (Å²) >= 11 is 0. The third kappa shape index (κ3) is 5.18. The molecule has 0 aliphatic heterocycles. The molecule has 1 aromatic carbocycles. The van der Waals surface area contributed by atoms with Crippen LogP contribution in [0.4, 0.5) is 0 Å². The number of aromatic hydroxyl groups is 1. The predicted octanol–water partition coefficient (Wildman–Crippen LogP) is 6.61. The van der Waals surface area contributed by atoms with Crippen LogP contribution in [0.5, 0.6) is 5.75 Å². The summed E-state index contributed by atoms with van der Waals surface area (Å²) in [5, 5.41) is 9.84. The monoisotopic (exact) mass is 478 g/mol. The first-order chi connectivity index (χ1) is 13.4. The molecule has 0 aromatic heterocycles. The van der Waals surface area contributed by atoms with Crippen LogP contribution in [0.2, 0.25) is 58.9 Å². The number of phenols is 1. The molecule has 0 amide bonds. The highest BCUT2D eigenvalue weighted by Crippen LogP contribution is 2.40. The van der Waals surface area contributed by atoms with Gasteiger partial charge in [-0.1, -0.05) is 77.6 Å². The van der Waals surface area contributed by atoms with Crippen molar-refractivity contribution in [1.82, 2.24) is 0 Å². The van der Waals surface area contributed by atoms with Crippen LogP contribution in [0.25, 0.3) is 12.2 Å². The Balaban J connectivity index is 3.40. The summed E-state index contributed by atoms with van der Waals surface area (Å²) in [6.07, 6.45) is 3.53. The van der Waals surface area contributed by atoms with Crippen molar-refractivity contribution in [2.75, 3.05) is 0 Å². The molecule has 0 aliphatic carbocycles. The van der Waals surface area contributed by atoms with E-state index in [0.717, 1.165) is 11.1 Å². The first-order valence-corrected chi connectivity index (χ1v) is 26.3. The molecule has 0 spiro atoms. The van der Waals surface area contributed by atoms with Crippen molar-refractivity contribution in [3.05, 3.63) is 41.5 Å². The van der Waals surface area contributed by atoms with Crippen LogP contribution in [0.3, 0.4) is 0 Å². The van der Waals surface area contributed by atoms with Crippen molar-refractivity contribution in [3.63, 3.8) is 0 Å². The highest BCUT2D eigenvalue weighted by molar-refractivity contribution is 7.89. The molecule has 7 heteroatoms. The summed E-state index contributed by atoms with van der Waals surface area (Å²) in [5.74, 6) is -0.0727. The van der Waals surface area contributed by atoms with Gasteiger partial charge in [-0.2, -0.15) is 0 Å². The molecule has 1 atom stereocenters. The average molecular weight is 479 g/mol. The van der Waals surface area contributed by atoms with E-state index in [1.54, 1.807) is 37.3 Å². The molecule has 0 bridgehead atoms. The van der Waals surface area contributed by atoms with E-state index in [1.165, 1.54) is 0 Å². The van der Waals surface area contributed by atoms with Gasteiger partial charge in [0.05, 0.1) is 12.4 Å². The summed E-state index contributed by atoms with van der Waals surface area (Å²) in [4.78, 5) is 13.2. The number of phenolic OH excluding ortho intramolecular Hbond substituents is 1. The Morgan fingerprint density at radius 1 is 0.967 bits per heavy atom. The van der Waals surface area contributed by atoms with Crippen LogP contribution in [0, 0.1) is 0 Å². The van der Waals surface area contributed by atoms with Crippen LogP contribution < -0.4 is 0 Å². The zero-order valence-corrected chi connectivity index (χ0v) is 24.9. The minimum Gasteiger partial charge on any atom is -0.508 e. The molecule has 1 N–H and O–H groups in total. The largest absolute Gasteiger partial charge is 0.508 e. The summed E-state index contributed by atoms with van der Waals surface area (Å²) < 4.78 is 6.30. The van der Waals surface area contributed by atoms with E-state index in [-0.39, 0.29) is 17.4 Å². The van der Waals surface area contributed by atoms with E-state index in [2.05, 4.69) is 72.4 Å². The standard InChI is InChI=1S/C23H42O3Si4/c1-13-20-14-15-22(24)17-21(20)16-18(2)23(25)26-19(3)30(27(4,5)6,28(7,8)9)29(10,11)12/h13-17,19,24H,1H2,2-12H3/b18-16+. The van der Waals surface area contributed by atoms with E-state index in [0.29, 0.717) is 5.57 Å². The van der Waals surface area contributed by atoms with E-state index < -0.39 is 29.4 Å². The minimum absolute atomic E-state index is 0.0152. The van der Waals surface area contributed by atoms with Gasteiger partial charge < -0.3 is 9.84 Å². The Bertz CT molecular complexity index is 788. The highest BCUT2D eigenvalue weighted by atomic mass is 29.9. The Labute approximate surface area is 187 Å². The third-order valence-corrected chi connectivity index (χ3v) is 80.3. The Hall–Kier alpha value is -1.16. The molecule has 1 aromatic rings. The summed E-state index contributed by atoms with van der Waals surface area (Å²) in [6.45, 7) is 28.5. The number of ether oxygens (including phenoxy) is 1. The number of hydrogen-bond donors (Lipinski definition) is 1. The van der Waals surface area contributed by atoms with E-state index in [1.807, 2.05) is 0 Å². The number of rotatable bonds is 8. The summed E-state index contributed by atoms with van der Waals surface area (Å²) in [6, 6.07) is 5.08. The van der Waals surface area contributed by atoms with E-state index >= 15 is 0 Å². The lowest BCUT2D eigenvalue weighted by atomic mass is 10.0. The van der Waals surface area contributed by atoms with Crippen LogP contribution in [0.15, 0.2) is 30.4 Å². The van der Waals surface area contributed by atoms with Crippen molar-refractivity contribution in [2.24, 2.45) is 0 Å². The van der Waals surface area contributed by atoms with Crippen LogP contribution in [0.1, 0.15) is 25.0 Å². The van der Waals surface area contributed by atoms with Crippen LogP contribution in [-0.4, -0.2) is 46.2 Å². The van der Waals surface area contributed by atoms with Gasteiger partial charge in [0.15, 0.2) is 0 Å². The second-order valence-corrected chi connectivity index (χ2v) is 52.5. The van der Waals surface area contributed by atoms with Crippen molar-refractivity contribution < 1.29 is 14.6 Å². The van der Waals surface area contributed by atoms with Crippen LogP contribution >= 0.6 is 0 Å². The normalized spacial score (nSPS) is 15.0. The predicted molar refractivity (Wildman–Crippen MR) is 143 cm³/mol. The zero-order valence-electron chi connectivity index (χ0n) is 20.9. The summed E-state index contributed by atoms with van der Waals surface area (Å²) in [5.41, 5.74) is 2.22. The van der Waals surface area contributed by atoms with E-state index in [4.69, 9.17) is 4.74 Å². The SMILES string of the molecule is C=Cc1ccc(O)cc1/C=C(\C)C(=O)OC(C)[Si]([Si](C)(C)C)([Si](C)(C)C)[Si](C)(C)C. The molecule has 0 aliphatic rings. The van der Waals surface area contributed by atoms with Crippen molar-refractivity contribution >= 4 is 47.5 Å². The maximum Gasteiger partial charge on any atom is 0.333 e. The van der Waals surface area contributed by atoms with Crippen molar-refractivity contribution in [3.8, 4) is 5.75 Å². The number of esters is 1. The molecule has 0 fully saturated rings. The third-order valence-electron chi connectivity index (χ3n) is 6.43. The maximum absolute atomic E-state index is 13.2. The number of benzene rings is 1. The number of carbonyl (C=O) groups is 1. The van der Waals surface area contributed by atoms with Crippen molar-refractivity contribution in [2.45, 2.75) is 78.5 Å². The Morgan fingerprint density at radius 3 is 1.83 bits per heavy atom. The number of hydrogen-bond acceptors (Lipinski definition) is 3. The Morgan fingerprint density at radius 2 is 1.43 bits per heavy atom. The molecule has 30 heavy (non-hydrogen) atoms. The molecule has 168 valence electrons. The molecular weight excluding hydrogens is 437 g/mol. The fourth-order valence-electron chi connectivity index (χ4n) is 6.71. The number of carbonyl (C=O) groups excluding carboxylic acids is 1. The first-order valence-electron chi connectivity index (χ1n) is 10.7. The summed E-state index contributed by atoms with van der Waals surface area (Å²) in [7, 11) is -4.65. The maximum atomic E-state index is 13.2. The molecule has 0 radical (unpaired) electrons. The molecule has 1 unspecified atom stereocenters. The zero-order chi connectivity index (χ0) is 23.7.